The van der Waals surface area contributed by atoms with Gasteiger partial charge in [0.05, 0.1) is 5.69 Å². The summed E-state index contributed by atoms with van der Waals surface area (Å²) in [5.74, 6) is 1.41. The van der Waals surface area contributed by atoms with Crippen LogP contribution in [0.15, 0.2) is 11.2 Å². The van der Waals surface area contributed by atoms with E-state index in [0.29, 0.717) is 11.3 Å². The van der Waals surface area contributed by atoms with Gasteiger partial charge in [-0.1, -0.05) is 33.6 Å². The lowest BCUT2D eigenvalue weighted by atomic mass is 9.89. The Morgan fingerprint density at radius 3 is 2.65 bits per heavy atom. The molecule has 1 fully saturated rings. The van der Waals surface area contributed by atoms with Crippen LogP contribution in [0.4, 0.5) is 0 Å². The summed E-state index contributed by atoms with van der Waals surface area (Å²) in [5.41, 5.74) is 2.88. The van der Waals surface area contributed by atoms with Gasteiger partial charge in [-0.05, 0) is 24.2 Å². The molecule has 1 aromatic rings. The summed E-state index contributed by atoms with van der Waals surface area (Å²) >= 11 is 0. The average Bonchev–Trinajstić information content (AvgIpc) is 3.06. The van der Waals surface area contributed by atoms with Crippen molar-refractivity contribution in [2.75, 3.05) is 20.6 Å². The molecule has 1 heterocycles. The number of nitrogens with zero attached hydrogens (tertiary/aromatic N) is 4. The fourth-order valence-electron chi connectivity index (χ4n) is 3.58. The largest absolute Gasteiger partial charge is 0.356 e. The number of guanidine groups is 1. The second-order valence-electron chi connectivity index (χ2n) is 7.64. The zero-order chi connectivity index (χ0) is 17.0. The summed E-state index contributed by atoms with van der Waals surface area (Å²) in [4.78, 5) is 6.66. The van der Waals surface area contributed by atoms with E-state index in [4.69, 9.17) is 0 Å². The lowest BCUT2D eigenvalue weighted by Crippen LogP contribution is -2.42. The van der Waals surface area contributed by atoms with E-state index in [1.165, 1.54) is 36.9 Å². The van der Waals surface area contributed by atoms with Crippen LogP contribution in [0.3, 0.4) is 0 Å². The predicted octanol–water partition coefficient (Wildman–Crippen LogP) is 3.13. The van der Waals surface area contributed by atoms with Crippen LogP contribution in [-0.2, 0) is 13.6 Å². The van der Waals surface area contributed by atoms with Crippen LogP contribution in [0.5, 0.6) is 0 Å². The monoisotopic (exact) mass is 319 g/mol. The van der Waals surface area contributed by atoms with Gasteiger partial charge in [-0.25, -0.2) is 0 Å². The fraction of sp³-hybridized carbons (Fsp3) is 0.778. The molecule has 0 atom stereocenters. The van der Waals surface area contributed by atoms with E-state index in [0.717, 1.165) is 19.0 Å². The second-order valence-corrected chi connectivity index (χ2v) is 7.64. The second kappa shape index (κ2) is 7.37. The molecule has 0 bridgehead atoms. The summed E-state index contributed by atoms with van der Waals surface area (Å²) < 4.78 is 1.91. The molecule has 0 aromatic carbocycles. The Balaban J connectivity index is 1.99. The van der Waals surface area contributed by atoms with Gasteiger partial charge in [-0.2, -0.15) is 5.10 Å². The highest BCUT2D eigenvalue weighted by Crippen LogP contribution is 2.36. The van der Waals surface area contributed by atoms with Crippen molar-refractivity contribution in [3.8, 4) is 0 Å². The van der Waals surface area contributed by atoms with E-state index in [1.807, 2.05) is 18.8 Å². The van der Waals surface area contributed by atoms with Gasteiger partial charge in [0, 0.05) is 46.0 Å². The summed E-state index contributed by atoms with van der Waals surface area (Å²) in [6.07, 6.45) is 7.49. The molecule has 1 aliphatic carbocycles. The van der Waals surface area contributed by atoms with Crippen LogP contribution >= 0.6 is 0 Å². The van der Waals surface area contributed by atoms with Gasteiger partial charge >= 0.3 is 0 Å². The van der Waals surface area contributed by atoms with Gasteiger partial charge in [0.2, 0.25) is 0 Å². The van der Waals surface area contributed by atoms with Gasteiger partial charge in [0.15, 0.2) is 5.96 Å². The predicted molar refractivity (Wildman–Crippen MR) is 96.7 cm³/mol. The van der Waals surface area contributed by atoms with Crippen LogP contribution < -0.4 is 5.32 Å². The molecule has 0 unspecified atom stereocenters. The van der Waals surface area contributed by atoms with Gasteiger partial charge in [0.1, 0.15) is 0 Å². The highest BCUT2D eigenvalue weighted by atomic mass is 15.3. The quantitative estimate of drug-likeness (QED) is 0.670. The molecule has 23 heavy (non-hydrogen) atoms. The molecule has 1 aromatic heterocycles. The average molecular weight is 319 g/mol. The maximum atomic E-state index is 4.60. The first kappa shape index (κ1) is 17.8. The van der Waals surface area contributed by atoms with Gasteiger partial charge in [-0.3, -0.25) is 9.67 Å². The number of aromatic nitrogens is 2. The van der Waals surface area contributed by atoms with Crippen molar-refractivity contribution in [2.24, 2.45) is 17.5 Å². The number of hydrogen-bond acceptors (Lipinski definition) is 2. The molecule has 2 rings (SSSR count). The number of aryl methyl sites for hydroxylation is 1. The van der Waals surface area contributed by atoms with Crippen molar-refractivity contribution < 1.29 is 0 Å². The molecule has 0 spiro atoms. The Kier molecular flexibility index (Phi) is 5.71. The maximum absolute atomic E-state index is 4.60. The number of nitrogens with one attached hydrogen (secondary N) is 1. The Labute approximate surface area is 141 Å². The topological polar surface area (TPSA) is 45.5 Å². The van der Waals surface area contributed by atoms with Crippen molar-refractivity contribution in [1.29, 1.82) is 0 Å². The Morgan fingerprint density at radius 1 is 1.43 bits per heavy atom. The zero-order valence-corrected chi connectivity index (χ0v) is 15.7. The van der Waals surface area contributed by atoms with E-state index in [1.54, 1.807) is 0 Å². The third-order valence-electron chi connectivity index (χ3n) is 4.95. The lowest BCUT2D eigenvalue weighted by molar-refractivity contribution is 0.327. The van der Waals surface area contributed by atoms with E-state index < -0.39 is 0 Å². The summed E-state index contributed by atoms with van der Waals surface area (Å²) in [5, 5.41) is 8.17. The van der Waals surface area contributed by atoms with Crippen LogP contribution in [0, 0.1) is 5.41 Å². The molecule has 5 heteroatoms. The molecule has 130 valence electrons. The Bertz CT molecular complexity index is 538. The third kappa shape index (κ3) is 4.49. The molecular weight excluding hydrogens is 286 g/mol. The van der Waals surface area contributed by atoms with Crippen LogP contribution in [-0.4, -0.2) is 41.3 Å². The summed E-state index contributed by atoms with van der Waals surface area (Å²) in [6.45, 7) is 8.61. The molecule has 1 N–H and O–H groups in total. The first-order valence-corrected chi connectivity index (χ1v) is 8.79. The Hall–Kier alpha value is -1.52. The first-order chi connectivity index (χ1) is 10.8. The van der Waals surface area contributed by atoms with Gasteiger partial charge in [-0.15, -0.1) is 0 Å². The number of hydrogen-bond donors (Lipinski definition) is 1. The molecule has 0 radical (unpaired) electrons. The Morgan fingerprint density at radius 2 is 2.09 bits per heavy atom. The highest BCUT2D eigenvalue weighted by molar-refractivity contribution is 5.79. The molecule has 1 aliphatic rings. The van der Waals surface area contributed by atoms with Crippen LogP contribution in [0.1, 0.15) is 63.6 Å². The van der Waals surface area contributed by atoms with Gasteiger partial charge < -0.3 is 10.2 Å². The van der Waals surface area contributed by atoms with Crippen molar-refractivity contribution in [1.82, 2.24) is 20.0 Å². The summed E-state index contributed by atoms with van der Waals surface area (Å²) in [7, 11) is 5.95. The van der Waals surface area contributed by atoms with Crippen molar-refractivity contribution >= 4 is 5.96 Å². The minimum absolute atomic E-state index is 0.425. The first-order valence-electron chi connectivity index (χ1n) is 8.79. The molecule has 0 saturated heterocycles. The van der Waals surface area contributed by atoms with Gasteiger partial charge in [0.25, 0.3) is 0 Å². The van der Waals surface area contributed by atoms with Crippen LogP contribution in [0.2, 0.25) is 0 Å². The number of aliphatic imine (C=N–C) groups is 1. The third-order valence-corrected chi connectivity index (χ3v) is 4.95. The van der Waals surface area contributed by atoms with Crippen molar-refractivity contribution in [3.05, 3.63) is 17.5 Å². The lowest BCUT2D eigenvalue weighted by Gasteiger charge is -2.28. The minimum atomic E-state index is 0.425. The smallest absolute Gasteiger partial charge is 0.193 e. The molecule has 0 aliphatic heterocycles. The van der Waals surface area contributed by atoms with Crippen molar-refractivity contribution in [2.45, 2.75) is 58.9 Å². The molecule has 0 amide bonds. The van der Waals surface area contributed by atoms with E-state index >= 15 is 0 Å². The normalized spacial score (nSPS) is 17.8. The van der Waals surface area contributed by atoms with E-state index in [2.05, 4.69) is 54.3 Å². The van der Waals surface area contributed by atoms with E-state index in [9.17, 15) is 0 Å². The number of rotatable bonds is 5. The standard InChI is InChI=1S/C18H33N5/c1-14(2)16-15(12-23(6)21-16)11-22(5)17(19-4)20-13-18(3)9-7-8-10-18/h12,14H,7-11,13H2,1-6H3,(H,19,20). The van der Waals surface area contributed by atoms with E-state index in [-0.39, 0.29) is 0 Å². The maximum Gasteiger partial charge on any atom is 0.193 e. The summed E-state index contributed by atoms with van der Waals surface area (Å²) in [6, 6.07) is 0. The zero-order valence-electron chi connectivity index (χ0n) is 15.7. The minimum Gasteiger partial charge on any atom is -0.356 e. The SMILES string of the molecule is CN=C(NCC1(C)CCCC1)N(C)Cc1cn(C)nc1C(C)C. The highest BCUT2D eigenvalue weighted by Gasteiger charge is 2.29. The molecule has 5 nitrogen and oxygen atoms in total. The fourth-order valence-corrected chi connectivity index (χ4v) is 3.58. The molecular formula is C18H33N5. The molecule has 1 saturated carbocycles. The van der Waals surface area contributed by atoms with Crippen molar-refractivity contribution in [3.63, 3.8) is 0 Å². The van der Waals surface area contributed by atoms with Crippen LogP contribution in [0.25, 0.3) is 0 Å².